The van der Waals surface area contributed by atoms with E-state index in [1.54, 1.807) is 5.38 Å². The van der Waals surface area contributed by atoms with Crippen LogP contribution in [0.1, 0.15) is 16.3 Å². The second kappa shape index (κ2) is 4.60. The molecule has 0 saturated carbocycles. The van der Waals surface area contributed by atoms with Crippen molar-refractivity contribution in [2.24, 2.45) is 0 Å². The maximum absolute atomic E-state index is 11.4. The smallest absolute Gasteiger partial charge is 0.272 e. The minimum absolute atomic E-state index is 0.219. The molecule has 0 radical (unpaired) electrons. The van der Waals surface area contributed by atoms with E-state index in [-0.39, 0.29) is 5.91 Å². The fourth-order valence-corrected chi connectivity index (χ4v) is 1.44. The number of aromatic nitrogens is 5. The molecule has 2 aromatic heterocycles. The molecule has 8 heteroatoms. The van der Waals surface area contributed by atoms with Crippen molar-refractivity contribution in [1.29, 1.82) is 0 Å². The predicted octanol–water partition coefficient (Wildman–Crippen LogP) is -0.371. The molecule has 0 saturated heterocycles. The van der Waals surface area contributed by atoms with Gasteiger partial charge in [0, 0.05) is 18.3 Å². The van der Waals surface area contributed by atoms with E-state index >= 15 is 0 Å². The van der Waals surface area contributed by atoms with Crippen molar-refractivity contribution in [1.82, 2.24) is 30.1 Å². The van der Waals surface area contributed by atoms with E-state index in [0.29, 0.717) is 18.7 Å². The summed E-state index contributed by atoms with van der Waals surface area (Å²) in [4.78, 5) is 15.3. The summed E-state index contributed by atoms with van der Waals surface area (Å²) in [6, 6.07) is 0. The van der Waals surface area contributed by atoms with Crippen molar-refractivity contribution < 1.29 is 4.79 Å². The molecule has 15 heavy (non-hydrogen) atoms. The molecule has 0 aliphatic rings. The van der Waals surface area contributed by atoms with Crippen LogP contribution in [-0.2, 0) is 6.42 Å². The van der Waals surface area contributed by atoms with E-state index < -0.39 is 0 Å². The highest BCUT2D eigenvalue weighted by molar-refractivity contribution is 7.03. The van der Waals surface area contributed by atoms with Crippen LogP contribution >= 0.6 is 11.5 Å². The molecule has 0 aliphatic carbocycles. The van der Waals surface area contributed by atoms with Crippen molar-refractivity contribution in [3.8, 4) is 0 Å². The van der Waals surface area contributed by atoms with Gasteiger partial charge in [0.1, 0.15) is 12.2 Å². The van der Waals surface area contributed by atoms with Gasteiger partial charge in [-0.1, -0.05) is 4.49 Å². The van der Waals surface area contributed by atoms with Crippen LogP contribution in [0, 0.1) is 0 Å². The summed E-state index contributed by atoms with van der Waals surface area (Å²) < 4.78 is 3.60. The van der Waals surface area contributed by atoms with Gasteiger partial charge >= 0.3 is 0 Å². The SMILES string of the molecule is O=C(NCCc1ncn[nH]1)c1csnn1. The third kappa shape index (κ3) is 2.56. The van der Waals surface area contributed by atoms with Crippen LogP contribution in [0.3, 0.4) is 0 Å². The Hall–Kier alpha value is -1.83. The molecule has 7 nitrogen and oxygen atoms in total. The summed E-state index contributed by atoms with van der Waals surface area (Å²) >= 11 is 1.15. The summed E-state index contributed by atoms with van der Waals surface area (Å²) in [7, 11) is 0. The minimum atomic E-state index is -0.219. The summed E-state index contributed by atoms with van der Waals surface area (Å²) in [5.74, 6) is 0.523. The minimum Gasteiger partial charge on any atom is -0.350 e. The van der Waals surface area contributed by atoms with Gasteiger partial charge in [-0.05, 0) is 11.5 Å². The highest BCUT2D eigenvalue weighted by Crippen LogP contribution is 1.96. The van der Waals surface area contributed by atoms with Gasteiger partial charge in [-0.15, -0.1) is 5.10 Å². The second-order valence-corrected chi connectivity index (χ2v) is 3.34. The lowest BCUT2D eigenvalue weighted by Gasteiger charge is -1.99. The molecule has 2 heterocycles. The molecule has 0 aromatic carbocycles. The fourth-order valence-electron chi connectivity index (χ4n) is 1.000. The van der Waals surface area contributed by atoms with Crippen LogP contribution in [0.2, 0.25) is 0 Å². The third-order valence-electron chi connectivity index (χ3n) is 1.70. The van der Waals surface area contributed by atoms with Gasteiger partial charge in [0.05, 0.1) is 0 Å². The Labute approximate surface area is 89.1 Å². The van der Waals surface area contributed by atoms with Gasteiger partial charge in [-0.3, -0.25) is 9.89 Å². The van der Waals surface area contributed by atoms with Crippen LogP contribution in [0.15, 0.2) is 11.7 Å². The van der Waals surface area contributed by atoms with Gasteiger partial charge in [-0.25, -0.2) is 4.98 Å². The number of amides is 1. The third-order valence-corrected chi connectivity index (χ3v) is 2.21. The van der Waals surface area contributed by atoms with Gasteiger partial charge in [-0.2, -0.15) is 5.10 Å². The average Bonchev–Trinajstić information content (AvgIpc) is 2.90. The van der Waals surface area contributed by atoms with Crippen molar-refractivity contribution in [2.45, 2.75) is 6.42 Å². The Morgan fingerprint density at radius 1 is 1.60 bits per heavy atom. The van der Waals surface area contributed by atoms with Crippen molar-refractivity contribution in [3.63, 3.8) is 0 Å². The van der Waals surface area contributed by atoms with Crippen LogP contribution in [0.4, 0.5) is 0 Å². The highest BCUT2D eigenvalue weighted by atomic mass is 32.1. The first-order valence-electron chi connectivity index (χ1n) is 4.26. The number of hydrogen-bond acceptors (Lipinski definition) is 6. The number of rotatable bonds is 4. The molecule has 0 aliphatic heterocycles. The Kier molecular flexibility index (Phi) is 2.98. The Bertz CT molecular complexity index is 411. The number of hydrogen-bond donors (Lipinski definition) is 2. The van der Waals surface area contributed by atoms with Crippen molar-refractivity contribution >= 4 is 17.4 Å². The quantitative estimate of drug-likeness (QED) is 0.738. The van der Waals surface area contributed by atoms with Crippen LogP contribution < -0.4 is 5.32 Å². The second-order valence-electron chi connectivity index (χ2n) is 2.73. The zero-order valence-corrected chi connectivity index (χ0v) is 8.49. The monoisotopic (exact) mass is 224 g/mol. The largest absolute Gasteiger partial charge is 0.350 e. The lowest BCUT2D eigenvalue weighted by molar-refractivity contribution is 0.0949. The molecule has 0 unspecified atom stereocenters. The number of H-pyrrole nitrogens is 1. The molecule has 78 valence electrons. The lowest BCUT2D eigenvalue weighted by atomic mass is 10.4. The number of aromatic amines is 1. The summed E-state index contributed by atoms with van der Waals surface area (Å²) in [5.41, 5.74) is 0.345. The summed E-state index contributed by atoms with van der Waals surface area (Å²) in [6.45, 7) is 0.492. The number of nitrogens with zero attached hydrogens (tertiary/aromatic N) is 4. The average molecular weight is 224 g/mol. The molecule has 0 spiro atoms. The Balaban J connectivity index is 1.77. The Morgan fingerprint density at radius 2 is 2.53 bits per heavy atom. The molecule has 2 aromatic rings. The molecular formula is C7H8N6OS. The van der Waals surface area contributed by atoms with Crippen molar-refractivity contribution in [3.05, 3.63) is 23.2 Å². The van der Waals surface area contributed by atoms with Gasteiger partial charge in [0.25, 0.3) is 5.91 Å². The first kappa shape index (κ1) is 9.71. The number of carbonyl (C=O) groups excluding carboxylic acids is 1. The van der Waals surface area contributed by atoms with Gasteiger partial charge < -0.3 is 5.32 Å². The standard InChI is InChI=1S/C7H8N6OS/c14-7(5-3-15-13-11-5)8-2-1-6-9-4-10-12-6/h3-4H,1-2H2,(H,8,14)(H,9,10,12). The van der Waals surface area contributed by atoms with Gasteiger partial charge in [0.2, 0.25) is 0 Å². The predicted molar refractivity (Wildman–Crippen MR) is 52.3 cm³/mol. The van der Waals surface area contributed by atoms with E-state index in [4.69, 9.17) is 0 Å². The van der Waals surface area contributed by atoms with Crippen LogP contribution in [-0.4, -0.2) is 37.2 Å². The summed E-state index contributed by atoms with van der Waals surface area (Å²) in [5, 5.41) is 14.4. The normalized spacial score (nSPS) is 10.1. The molecule has 0 bridgehead atoms. The molecule has 0 atom stereocenters. The first-order valence-corrected chi connectivity index (χ1v) is 5.09. The maximum Gasteiger partial charge on any atom is 0.272 e. The number of carbonyl (C=O) groups is 1. The molecule has 2 rings (SSSR count). The molecule has 1 amide bonds. The fraction of sp³-hybridized carbons (Fsp3) is 0.286. The van der Waals surface area contributed by atoms with Crippen molar-refractivity contribution in [2.75, 3.05) is 6.54 Å². The first-order chi connectivity index (χ1) is 7.36. The topological polar surface area (TPSA) is 96.5 Å². The van der Waals surface area contributed by atoms with Crippen LogP contribution in [0.25, 0.3) is 0 Å². The lowest BCUT2D eigenvalue weighted by Crippen LogP contribution is -2.26. The van der Waals surface area contributed by atoms with E-state index in [2.05, 4.69) is 30.1 Å². The molecule has 0 fully saturated rings. The maximum atomic E-state index is 11.4. The molecular weight excluding hydrogens is 216 g/mol. The summed E-state index contributed by atoms with van der Waals surface area (Å²) in [6.07, 6.45) is 2.05. The zero-order valence-electron chi connectivity index (χ0n) is 7.67. The van der Waals surface area contributed by atoms with Gasteiger partial charge in [0.15, 0.2) is 5.69 Å². The van der Waals surface area contributed by atoms with E-state index in [1.807, 2.05) is 0 Å². The Morgan fingerprint density at radius 3 is 3.20 bits per heavy atom. The van der Waals surface area contributed by atoms with Crippen LogP contribution in [0.5, 0.6) is 0 Å². The van der Waals surface area contributed by atoms with E-state index in [9.17, 15) is 4.79 Å². The highest BCUT2D eigenvalue weighted by Gasteiger charge is 2.07. The van der Waals surface area contributed by atoms with E-state index in [0.717, 1.165) is 17.4 Å². The number of nitrogens with one attached hydrogen (secondary N) is 2. The zero-order chi connectivity index (χ0) is 10.5. The molecule has 2 N–H and O–H groups in total. The van der Waals surface area contributed by atoms with E-state index in [1.165, 1.54) is 6.33 Å².